The number of hydrogen-bond donors (Lipinski definition) is 1. The minimum atomic E-state index is -0.432. The highest BCUT2D eigenvalue weighted by Crippen LogP contribution is 2.28. The van der Waals surface area contributed by atoms with Gasteiger partial charge in [-0.2, -0.15) is 0 Å². The number of Topliss-reactive ketones (excluding diaryl/α,β-unsaturated/α-hetero) is 1. The van der Waals surface area contributed by atoms with Crippen LogP contribution in [0.25, 0.3) is 0 Å². The van der Waals surface area contributed by atoms with Gasteiger partial charge in [-0.15, -0.1) is 0 Å². The zero-order valence-corrected chi connectivity index (χ0v) is 15.5. The lowest BCUT2D eigenvalue weighted by Gasteiger charge is -2.18. The van der Waals surface area contributed by atoms with Crippen molar-refractivity contribution >= 4 is 23.3 Å². The molecule has 4 rings (SSSR count). The molecule has 144 valence electrons. The van der Waals surface area contributed by atoms with E-state index in [4.69, 9.17) is 9.47 Å². The third kappa shape index (κ3) is 4.06. The van der Waals surface area contributed by atoms with E-state index in [9.17, 15) is 14.4 Å². The molecule has 28 heavy (non-hydrogen) atoms. The van der Waals surface area contributed by atoms with Crippen molar-refractivity contribution in [2.75, 3.05) is 18.5 Å². The van der Waals surface area contributed by atoms with Gasteiger partial charge in [0.2, 0.25) is 0 Å². The van der Waals surface area contributed by atoms with Gasteiger partial charge in [0.15, 0.2) is 19.0 Å². The molecule has 2 aliphatic rings. The van der Waals surface area contributed by atoms with Crippen LogP contribution in [0, 0.1) is 0 Å². The lowest BCUT2D eigenvalue weighted by atomic mass is 9.90. The van der Waals surface area contributed by atoms with Crippen LogP contribution in [0.1, 0.15) is 39.9 Å². The van der Waals surface area contributed by atoms with Crippen LogP contribution in [0.5, 0.6) is 5.75 Å². The van der Waals surface area contributed by atoms with E-state index in [-0.39, 0.29) is 31.3 Å². The molecule has 0 bridgehead atoms. The van der Waals surface area contributed by atoms with Crippen LogP contribution in [-0.4, -0.2) is 30.9 Å². The maximum atomic E-state index is 12.3. The fraction of sp³-hybridized carbons (Fsp3) is 0.318. The van der Waals surface area contributed by atoms with Crippen molar-refractivity contribution in [3.63, 3.8) is 0 Å². The summed E-state index contributed by atoms with van der Waals surface area (Å²) in [5.41, 5.74) is 4.38. The second-order valence-electron chi connectivity index (χ2n) is 7.12. The molecule has 0 saturated carbocycles. The lowest BCUT2D eigenvalue weighted by Crippen LogP contribution is -2.25. The van der Waals surface area contributed by atoms with Crippen molar-refractivity contribution in [3.05, 3.63) is 58.7 Å². The van der Waals surface area contributed by atoms with Gasteiger partial charge in [-0.25, -0.2) is 0 Å². The number of ketones is 1. The van der Waals surface area contributed by atoms with E-state index in [0.29, 0.717) is 17.0 Å². The number of aryl methyl sites for hydroxylation is 2. The van der Waals surface area contributed by atoms with Gasteiger partial charge in [-0.3, -0.25) is 14.4 Å². The highest BCUT2D eigenvalue weighted by molar-refractivity contribution is 6.01. The minimum Gasteiger partial charge on any atom is -0.482 e. The van der Waals surface area contributed by atoms with Gasteiger partial charge >= 0.3 is 5.97 Å². The number of ether oxygens (including phenoxy) is 2. The van der Waals surface area contributed by atoms with E-state index in [1.807, 2.05) is 6.07 Å². The van der Waals surface area contributed by atoms with Crippen LogP contribution < -0.4 is 10.1 Å². The Morgan fingerprint density at radius 1 is 1.04 bits per heavy atom. The smallest absolute Gasteiger partial charge is 0.310 e. The molecule has 1 aliphatic carbocycles. The molecule has 1 amide bonds. The predicted octanol–water partition coefficient (Wildman–Crippen LogP) is 2.86. The fourth-order valence-electron chi connectivity index (χ4n) is 3.60. The summed E-state index contributed by atoms with van der Waals surface area (Å²) in [5.74, 6) is -0.519. The van der Waals surface area contributed by atoms with E-state index >= 15 is 0 Å². The number of esters is 1. The maximum absolute atomic E-state index is 12.3. The number of hydrogen-bond acceptors (Lipinski definition) is 5. The average molecular weight is 379 g/mol. The summed E-state index contributed by atoms with van der Waals surface area (Å²) in [6.07, 6.45) is 4.70. The van der Waals surface area contributed by atoms with Crippen molar-refractivity contribution in [1.82, 2.24) is 0 Å². The summed E-state index contributed by atoms with van der Waals surface area (Å²) in [5, 5.41) is 2.65. The van der Waals surface area contributed by atoms with E-state index in [1.165, 1.54) is 30.0 Å². The maximum Gasteiger partial charge on any atom is 0.310 e. The van der Waals surface area contributed by atoms with E-state index in [1.54, 1.807) is 12.1 Å². The van der Waals surface area contributed by atoms with Gasteiger partial charge in [-0.1, -0.05) is 18.2 Å². The monoisotopic (exact) mass is 379 g/mol. The van der Waals surface area contributed by atoms with Gasteiger partial charge in [0.1, 0.15) is 5.75 Å². The molecule has 0 spiro atoms. The molecule has 0 atom stereocenters. The molecular weight excluding hydrogens is 358 g/mol. The normalized spacial score (nSPS) is 14.9. The first kappa shape index (κ1) is 18.2. The van der Waals surface area contributed by atoms with Crippen molar-refractivity contribution in [2.45, 2.75) is 32.1 Å². The molecule has 2 aromatic rings. The lowest BCUT2D eigenvalue weighted by molar-refractivity contribution is -0.141. The Morgan fingerprint density at radius 2 is 1.86 bits per heavy atom. The molecule has 6 nitrogen and oxygen atoms in total. The topological polar surface area (TPSA) is 81.7 Å². The van der Waals surface area contributed by atoms with E-state index in [2.05, 4.69) is 17.4 Å². The highest BCUT2D eigenvalue weighted by atomic mass is 16.5. The van der Waals surface area contributed by atoms with Crippen LogP contribution in [0.15, 0.2) is 36.4 Å². The van der Waals surface area contributed by atoms with Crippen LogP contribution in [-0.2, 0) is 33.6 Å². The molecule has 0 aromatic heterocycles. The van der Waals surface area contributed by atoms with Crippen molar-refractivity contribution in [1.29, 1.82) is 0 Å². The van der Waals surface area contributed by atoms with Gasteiger partial charge in [0.25, 0.3) is 5.91 Å². The number of anilines is 1. The fourth-order valence-corrected chi connectivity index (χ4v) is 3.60. The molecule has 0 saturated heterocycles. The summed E-state index contributed by atoms with van der Waals surface area (Å²) in [6.45, 7) is -0.377. The summed E-state index contributed by atoms with van der Waals surface area (Å²) in [4.78, 5) is 35.9. The second kappa shape index (κ2) is 7.84. The van der Waals surface area contributed by atoms with Crippen molar-refractivity contribution in [2.24, 2.45) is 0 Å². The zero-order chi connectivity index (χ0) is 19.5. The molecule has 1 N–H and O–H groups in total. The number of nitrogens with one attached hydrogen (secondary N) is 1. The van der Waals surface area contributed by atoms with Crippen LogP contribution >= 0.6 is 0 Å². The summed E-state index contributed by atoms with van der Waals surface area (Å²) < 4.78 is 10.4. The Morgan fingerprint density at radius 3 is 2.71 bits per heavy atom. The number of carbonyl (C=O) groups excluding carboxylic acids is 3. The van der Waals surface area contributed by atoms with Crippen LogP contribution in [0.4, 0.5) is 5.69 Å². The molecule has 2 aromatic carbocycles. The Labute approximate surface area is 162 Å². The Bertz CT molecular complexity index is 950. The van der Waals surface area contributed by atoms with Crippen LogP contribution in [0.3, 0.4) is 0 Å². The van der Waals surface area contributed by atoms with E-state index in [0.717, 1.165) is 18.4 Å². The van der Waals surface area contributed by atoms with Gasteiger partial charge in [0, 0.05) is 5.56 Å². The molecule has 1 aliphatic heterocycles. The number of rotatable bonds is 5. The highest BCUT2D eigenvalue weighted by Gasteiger charge is 2.19. The standard InChI is InChI=1S/C22H21NO5/c24-19(17-7-8-20-18(11-17)23-21(25)13-27-20)12-28-22(26)10-14-5-6-15-3-1-2-4-16(15)9-14/h5-9,11H,1-4,10,12-13H2,(H,23,25). The van der Waals surface area contributed by atoms with Gasteiger partial charge in [0.05, 0.1) is 12.1 Å². The zero-order valence-electron chi connectivity index (χ0n) is 15.5. The summed E-state index contributed by atoms with van der Waals surface area (Å²) in [7, 11) is 0. The predicted molar refractivity (Wildman–Crippen MR) is 103 cm³/mol. The summed E-state index contributed by atoms with van der Waals surface area (Å²) in [6, 6.07) is 10.9. The second-order valence-corrected chi connectivity index (χ2v) is 7.12. The van der Waals surface area contributed by atoms with Crippen LogP contribution in [0.2, 0.25) is 0 Å². The third-order valence-corrected chi connectivity index (χ3v) is 5.06. The number of benzene rings is 2. The SMILES string of the molecule is O=C1COc2ccc(C(=O)COC(=O)Cc3ccc4c(c3)CCCC4)cc2N1. The molecule has 0 unspecified atom stereocenters. The molecule has 6 heteroatoms. The Balaban J connectivity index is 1.34. The molecule has 0 radical (unpaired) electrons. The van der Waals surface area contributed by atoms with Crippen molar-refractivity contribution in [3.8, 4) is 5.75 Å². The largest absolute Gasteiger partial charge is 0.482 e. The molecule has 0 fully saturated rings. The number of amides is 1. The molecule has 1 heterocycles. The first-order valence-electron chi connectivity index (χ1n) is 9.45. The first-order chi connectivity index (χ1) is 13.6. The quantitative estimate of drug-likeness (QED) is 0.638. The third-order valence-electron chi connectivity index (χ3n) is 5.06. The van der Waals surface area contributed by atoms with E-state index < -0.39 is 5.97 Å². The Kier molecular flexibility index (Phi) is 5.10. The Hall–Kier alpha value is -3.15. The first-order valence-corrected chi connectivity index (χ1v) is 9.45. The van der Waals surface area contributed by atoms with Gasteiger partial charge in [-0.05, 0) is 60.6 Å². The number of fused-ring (bicyclic) bond motifs is 2. The average Bonchev–Trinajstić information content (AvgIpc) is 2.71. The number of carbonyl (C=O) groups is 3. The van der Waals surface area contributed by atoms with Gasteiger partial charge < -0.3 is 14.8 Å². The van der Waals surface area contributed by atoms with Crippen molar-refractivity contribution < 1.29 is 23.9 Å². The molecular formula is C22H21NO5. The minimum absolute atomic E-state index is 0.0411. The summed E-state index contributed by atoms with van der Waals surface area (Å²) >= 11 is 0.